The van der Waals surface area contributed by atoms with Gasteiger partial charge in [-0.15, -0.1) is 0 Å². The fraction of sp³-hybridized carbons (Fsp3) is 0.667. The van der Waals surface area contributed by atoms with Crippen LogP contribution in [0.4, 0.5) is 10.2 Å². The highest BCUT2D eigenvalue weighted by Gasteiger charge is 2.31. The lowest BCUT2D eigenvalue weighted by Gasteiger charge is -2.25. The zero-order valence-corrected chi connectivity index (χ0v) is 12.4. The van der Waals surface area contributed by atoms with Crippen molar-refractivity contribution in [2.45, 2.75) is 38.8 Å². The van der Waals surface area contributed by atoms with Gasteiger partial charge < -0.3 is 15.0 Å². The summed E-state index contributed by atoms with van der Waals surface area (Å²) in [5.74, 6) is 0.624. The van der Waals surface area contributed by atoms with Gasteiger partial charge in [-0.1, -0.05) is 6.92 Å². The van der Waals surface area contributed by atoms with E-state index in [1.807, 2.05) is 0 Å². The number of halogens is 1. The minimum Gasteiger partial charge on any atom is -0.383 e. The van der Waals surface area contributed by atoms with Crippen molar-refractivity contribution in [2.75, 3.05) is 31.7 Å². The van der Waals surface area contributed by atoms with Crippen LogP contribution >= 0.6 is 0 Å². The second-order valence-corrected chi connectivity index (χ2v) is 5.23. The van der Waals surface area contributed by atoms with Crippen LogP contribution in [0.3, 0.4) is 0 Å². The number of hydrogen-bond donors (Lipinski definition) is 1. The largest absolute Gasteiger partial charge is 0.383 e. The molecule has 1 aromatic rings. The van der Waals surface area contributed by atoms with Gasteiger partial charge in [-0.05, 0) is 31.9 Å². The molecule has 0 saturated heterocycles. The Morgan fingerprint density at radius 2 is 2.30 bits per heavy atom. The minimum absolute atomic E-state index is 0.274. The highest BCUT2D eigenvalue weighted by molar-refractivity contribution is 5.49. The van der Waals surface area contributed by atoms with Gasteiger partial charge in [0, 0.05) is 31.8 Å². The summed E-state index contributed by atoms with van der Waals surface area (Å²) < 4.78 is 18.6. The van der Waals surface area contributed by atoms with Crippen LogP contribution in [0, 0.1) is 5.82 Å². The number of pyridine rings is 1. The normalized spacial score (nSPS) is 14.6. The molecule has 20 heavy (non-hydrogen) atoms. The Kier molecular flexibility index (Phi) is 5.73. The molecule has 1 saturated carbocycles. The Balaban J connectivity index is 2.14. The van der Waals surface area contributed by atoms with E-state index in [-0.39, 0.29) is 5.82 Å². The van der Waals surface area contributed by atoms with Crippen LogP contribution in [0.25, 0.3) is 0 Å². The van der Waals surface area contributed by atoms with Crippen molar-refractivity contribution in [3.63, 3.8) is 0 Å². The molecule has 0 atom stereocenters. The van der Waals surface area contributed by atoms with E-state index >= 15 is 0 Å². The van der Waals surface area contributed by atoms with Gasteiger partial charge in [0.1, 0.15) is 11.6 Å². The molecule has 0 amide bonds. The first-order chi connectivity index (χ1) is 9.76. The number of aromatic nitrogens is 1. The Bertz CT molecular complexity index is 424. The Morgan fingerprint density at radius 3 is 2.95 bits per heavy atom. The predicted octanol–water partition coefficient (Wildman–Crippen LogP) is 2.34. The topological polar surface area (TPSA) is 37.4 Å². The van der Waals surface area contributed by atoms with Gasteiger partial charge >= 0.3 is 0 Å². The Morgan fingerprint density at radius 1 is 1.50 bits per heavy atom. The van der Waals surface area contributed by atoms with Crippen molar-refractivity contribution in [3.8, 4) is 0 Å². The van der Waals surface area contributed by atoms with Gasteiger partial charge in [0.05, 0.1) is 12.8 Å². The first kappa shape index (κ1) is 15.2. The average Bonchev–Trinajstić information content (AvgIpc) is 3.26. The molecule has 0 spiro atoms. The number of rotatable bonds is 9. The maximum Gasteiger partial charge on any atom is 0.141 e. The van der Waals surface area contributed by atoms with Gasteiger partial charge in [-0.3, -0.25) is 0 Å². The standard InChI is InChI=1S/C15H24FN3O/c1-3-6-17-10-12-9-13(16)11-18-15(12)19(7-8-20-2)14-4-5-14/h9,11,14,17H,3-8,10H2,1-2H3. The Hall–Kier alpha value is -1.20. The molecule has 5 heteroatoms. The molecule has 0 unspecified atom stereocenters. The van der Waals surface area contributed by atoms with Gasteiger partial charge in [-0.2, -0.15) is 0 Å². The smallest absolute Gasteiger partial charge is 0.141 e. The van der Waals surface area contributed by atoms with Crippen LogP contribution < -0.4 is 10.2 Å². The van der Waals surface area contributed by atoms with E-state index < -0.39 is 0 Å². The molecule has 4 nitrogen and oxygen atoms in total. The molecule has 0 radical (unpaired) electrons. The van der Waals surface area contributed by atoms with E-state index in [0.29, 0.717) is 19.2 Å². The van der Waals surface area contributed by atoms with E-state index in [0.717, 1.165) is 30.9 Å². The monoisotopic (exact) mass is 281 g/mol. The second kappa shape index (κ2) is 7.55. The van der Waals surface area contributed by atoms with E-state index in [1.54, 1.807) is 13.2 Å². The number of ether oxygens (including phenoxy) is 1. The summed E-state index contributed by atoms with van der Waals surface area (Å²) in [6.45, 7) is 5.17. The van der Waals surface area contributed by atoms with E-state index in [4.69, 9.17) is 4.74 Å². The molecule has 2 rings (SSSR count). The lowest BCUT2D eigenvalue weighted by Crippen LogP contribution is -2.32. The van der Waals surface area contributed by atoms with Crippen molar-refractivity contribution >= 4 is 5.82 Å². The number of hydrogen-bond acceptors (Lipinski definition) is 4. The van der Waals surface area contributed by atoms with E-state index in [2.05, 4.69) is 22.1 Å². The number of anilines is 1. The zero-order valence-electron chi connectivity index (χ0n) is 12.4. The summed E-state index contributed by atoms with van der Waals surface area (Å²) in [5, 5.41) is 3.32. The molecule has 1 aliphatic rings. The van der Waals surface area contributed by atoms with Crippen LogP contribution in [0.15, 0.2) is 12.3 Å². The van der Waals surface area contributed by atoms with Crippen LogP contribution in [-0.2, 0) is 11.3 Å². The SMILES string of the molecule is CCCNCc1cc(F)cnc1N(CCOC)C1CC1. The second-order valence-electron chi connectivity index (χ2n) is 5.23. The zero-order chi connectivity index (χ0) is 14.4. The fourth-order valence-electron chi connectivity index (χ4n) is 2.30. The third-order valence-corrected chi connectivity index (χ3v) is 3.45. The molecular formula is C15H24FN3O. The molecule has 1 aliphatic carbocycles. The quantitative estimate of drug-likeness (QED) is 0.705. The molecular weight excluding hydrogens is 257 g/mol. The molecule has 1 N–H and O–H groups in total. The minimum atomic E-state index is -0.274. The summed E-state index contributed by atoms with van der Waals surface area (Å²) in [6, 6.07) is 2.13. The van der Waals surface area contributed by atoms with E-state index in [9.17, 15) is 4.39 Å². The van der Waals surface area contributed by atoms with Crippen molar-refractivity contribution in [2.24, 2.45) is 0 Å². The average molecular weight is 281 g/mol. The summed E-state index contributed by atoms with van der Waals surface area (Å²) in [5.41, 5.74) is 0.932. The van der Waals surface area contributed by atoms with Crippen molar-refractivity contribution in [1.29, 1.82) is 0 Å². The third kappa shape index (κ3) is 4.15. The predicted molar refractivity (Wildman–Crippen MR) is 78.4 cm³/mol. The first-order valence-corrected chi connectivity index (χ1v) is 7.37. The maximum atomic E-state index is 13.5. The molecule has 0 bridgehead atoms. The highest BCUT2D eigenvalue weighted by atomic mass is 19.1. The highest BCUT2D eigenvalue weighted by Crippen LogP contribution is 2.32. The third-order valence-electron chi connectivity index (χ3n) is 3.45. The van der Waals surface area contributed by atoms with Crippen LogP contribution in [-0.4, -0.2) is 37.8 Å². The first-order valence-electron chi connectivity index (χ1n) is 7.37. The molecule has 0 aliphatic heterocycles. The van der Waals surface area contributed by atoms with Crippen molar-refractivity contribution in [1.82, 2.24) is 10.3 Å². The van der Waals surface area contributed by atoms with Gasteiger partial charge in [-0.25, -0.2) is 9.37 Å². The van der Waals surface area contributed by atoms with Crippen LogP contribution in [0.1, 0.15) is 31.7 Å². The van der Waals surface area contributed by atoms with Gasteiger partial charge in [0.15, 0.2) is 0 Å². The molecule has 1 fully saturated rings. The van der Waals surface area contributed by atoms with Gasteiger partial charge in [0.25, 0.3) is 0 Å². The molecule has 1 heterocycles. The van der Waals surface area contributed by atoms with Crippen molar-refractivity contribution in [3.05, 3.63) is 23.6 Å². The molecule has 112 valence electrons. The number of methoxy groups -OCH3 is 1. The summed E-state index contributed by atoms with van der Waals surface area (Å²) in [4.78, 5) is 6.58. The van der Waals surface area contributed by atoms with Crippen molar-refractivity contribution < 1.29 is 9.13 Å². The van der Waals surface area contributed by atoms with Crippen LogP contribution in [0.2, 0.25) is 0 Å². The van der Waals surface area contributed by atoms with Gasteiger partial charge in [0.2, 0.25) is 0 Å². The number of nitrogens with one attached hydrogen (secondary N) is 1. The summed E-state index contributed by atoms with van der Waals surface area (Å²) in [7, 11) is 1.70. The maximum absolute atomic E-state index is 13.5. The summed E-state index contributed by atoms with van der Waals surface area (Å²) in [6.07, 6.45) is 4.74. The molecule has 0 aromatic carbocycles. The lowest BCUT2D eigenvalue weighted by atomic mass is 10.2. The van der Waals surface area contributed by atoms with E-state index in [1.165, 1.54) is 19.0 Å². The molecule has 1 aromatic heterocycles. The lowest BCUT2D eigenvalue weighted by molar-refractivity contribution is 0.204. The number of nitrogens with zero attached hydrogens (tertiary/aromatic N) is 2. The summed E-state index contributed by atoms with van der Waals surface area (Å²) >= 11 is 0. The fourth-order valence-corrected chi connectivity index (χ4v) is 2.30. The van der Waals surface area contributed by atoms with Crippen LogP contribution in [0.5, 0.6) is 0 Å². The Labute approximate surface area is 120 Å².